The molecule has 0 heterocycles. The maximum absolute atomic E-state index is 11.5. The lowest BCUT2D eigenvalue weighted by Gasteiger charge is -2.08. The van der Waals surface area contributed by atoms with Crippen molar-refractivity contribution >= 4 is 0 Å². The molecule has 0 aromatic heterocycles. The van der Waals surface area contributed by atoms with Crippen molar-refractivity contribution in [2.24, 2.45) is 0 Å². The van der Waals surface area contributed by atoms with Crippen molar-refractivity contribution in [2.45, 2.75) is 45.6 Å². The molecule has 14 heavy (non-hydrogen) atoms. The van der Waals surface area contributed by atoms with E-state index in [0.29, 0.717) is 19.4 Å². The summed E-state index contributed by atoms with van der Waals surface area (Å²) in [6.07, 6.45) is -2.42. The molecular weight excluding hydrogens is 197 g/mol. The van der Waals surface area contributed by atoms with E-state index in [9.17, 15) is 13.2 Å². The molecule has 0 spiro atoms. The zero-order valence-corrected chi connectivity index (χ0v) is 8.56. The van der Waals surface area contributed by atoms with Gasteiger partial charge in [-0.2, -0.15) is 0 Å². The molecular formula is C9H17F3O2. The van der Waals surface area contributed by atoms with Crippen LogP contribution in [-0.2, 0) is 9.47 Å². The number of hydrogen-bond acceptors (Lipinski definition) is 2. The van der Waals surface area contributed by atoms with Gasteiger partial charge in [0.15, 0.2) is 0 Å². The lowest BCUT2D eigenvalue weighted by molar-refractivity contribution is -0.324. The van der Waals surface area contributed by atoms with Gasteiger partial charge in [-0.3, -0.25) is 4.74 Å². The third-order valence-electron chi connectivity index (χ3n) is 1.51. The highest BCUT2D eigenvalue weighted by molar-refractivity contribution is 4.43. The van der Waals surface area contributed by atoms with Crippen molar-refractivity contribution in [1.82, 2.24) is 0 Å². The molecule has 0 aromatic carbocycles. The van der Waals surface area contributed by atoms with Crippen molar-refractivity contribution in [1.29, 1.82) is 0 Å². The van der Waals surface area contributed by atoms with E-state index in [0.717, 1.165) is 6.42 Å². The average Bonchev–Trinajstić information content (AvgIpc) is 2.00. The van der Waals surface area contributed by atoms with Crippen molar-refractivity contribution in [3.05, 3.63) is 0 Å². The Balaban J connectivity index is 3.07. The molecule has 0 fully saturated rings. The smallest absolute Gasteiger partial charge is 0.379 e. The van der Waals surface area contributed by atoms with Gasteiger partial charge in [-0.1, -0.05) is 0 Å². The summed E-state index contributed by atoms with van der Waals surface area (Å²) in [5.74, 6) is 0. The Morgan fingerprint density at radius 2 is 1.57 bits per heavy atom. The molecule has 0 unspecified atom stereocenters. The number of ether oxygens (including phenoxy) is 2. The van der Waals surface area contributed by atoms with E-state index in [2.05, 4.69) is 4.74 Å². The van der Waals surface area contributed by atoms with Crippen LogP contribution in [0.1, 0.15) is 33.1 Å². The molecule has 0 aliphatic heterocycles. The second-order valence-corrected chi connectivity index (χ2v) is 3.27. The Bertz CT molecular complexity index is 135. The Kier molecular flexibility index (Phi) is 6.92. The van der Waals surface area contributed by atoms with Crippen LogP contribution in [0, 0.1) is 0 Å². The molecule has 5 heteroatoms. The van der Waals surface area contributed by atoms with E-state index < -0.39 is 6.36 Å². The van der Waals surface area contributed by atoms with Crippen LogP contribution in [0.15, 0.2) is 0 Å². The summed E-state index contributed by atoms with van der Waals surface area (Å²) in [5.41, 5.74) is 0. The van der Waals surface area contributed by atoms with Crippen molar-refractivity contribution in [2.75, 3.05) is 13.2 Å². The number of alkyl halides is 3. The molecule has 0 saturated carbocycles. The summed E-state index contributed by atoms with van der Waals surface area (Å²) >= 11 is 0. The first-order valence-corrected chi connectivity index (χ1v) is 4.74. The second kappa shape index (κ2) is 7.06. The summed E-state index contributed by atoms with van der Waals surface area (Å²) in [4.78, 5) is 0. The molecule has 0 saturated heterocycles. The van der Waals surface area contributed by atoms with Gasteiger partial charge in [-0.25, -0.2) is 0 Å². The largest absolute Gasteiger partial charge is 0.522 e. The first-order chi connectivity index (χ1) is 6.42. The second-order valence-electron chi connectivity index (χ2n) is 3.27. The van der Waals surface area contributed by atoms with E-state index in [1.165, 1.54) is 0 Å². The molecule has 0 rings (SSSR count). The minimum absolute atomic E-state index is 0.182. The highest BCUT2D eigenvalue weighted by Gasteiger charge is 2.28. The fourth-order valence-electron chi connectivity index (χ4n) is 0.888. The minimum atomic E-state index is -4.49. The van der Waals surface area contributed by atoms with Crippen LogP contribution in [0.5, 0.6) is 0 Å². The zero-order chi connectivity index (χ0) is 11.0. The summed E-state index contributed by atoms with van der Waals surface area (Å²) in [5, 5.41) is 0. The number of unbranched alkanes of at least 4 members (excludes halogenated alkanes) is 2. The first-order valence-electron chi connectivity index (χ1n) is 4.74. The molecule has 0 atom stereocenters. The van der Waals surface area contributed by atoms with Crippen LogP contribution in [0.3, 0.4) is 0 Å². The molecule has 0 aliphatic rings. The Morgan fingerprint density at radius 3 is 2.07 bits per heavy atom. The van der Waals surface area contributed by atoms with Gasteiger partial charge in [-0.05, 0) is 33.1 Å². The highest BCUT2D eigenvalue weighted by Crippen LogP contribution is 2.16. The number of rotatable bonds is 7. The standard InChI is InChI=1S/C9H17F3O2/c1-8(2)13-6-4-3-5-7-14-9(10,11)12/h8H,3-7H2,1-2H3. The van der Waals surface area contributed by atoms with E-state index >= 15 is 0 Å². The SMILES string of the molecule is CC(C)OCCCCCOC(F)(F)F. The summed E-state index contributed by atoms with van der Waals surface area (Å²) in [6.45, 7) is 4.19. The quantitative estimate of drug-likeness (QED) is 0.606. The van der Waals surface area contributed by atoms with Crippen molar-refractivity contribution in [3.63, 3.8) is 0 Å². The van der Waals surface area contributed by atoms with Gasteiger partial charge in [0.2, 0.25) is 0 Å². The molecule has 0 amide bonds. The van der Waals surface area contributed by atoms with Gasteiger partial charge in [0.25, 0.3) is 0 Å². The predicted molar refractivity (Wildman–Crippen MR) is 46.9 cm³/mol. The van der Waals surface area contributed by atoms with E-state index in [-0.39, 0.29) is 12.7 Å². The van der Waals surface area contributed by atoms with Gasteiger partial charge in [0.1, 0.15) is 0 Å². The third kappa shape index (κ3) is 11.7. The predicted octanol–water partition coefficient (Wildman–Crippen LogP) is 3.12. The molecule has 0 radical (unpaired) electrons. The van der Waals surface area contributed by atoms with Gasteiger partial charge in [0.05, 0.1) is 12.7 Å². The molecule has 0 bridgehead atoms. The van der Waals surface area contributed by atoms with Gasteiger partial charge < -0.3 is 4.74 Å². The Hall–Kier alpha value is -0.290. The Labute approximate surface area is 82.4 Å². The third-order valence-corrected chi connectivity index (χ3v) is 1.51. The fourth-order valence-corrected chi connectivity index (χ4v) is 0.888. The minimum Gasteiger partial charge on any atom is -0.379 e. The van der Waals surface area contributed by atoms with Crippen molar-refractivity contribution in [3.8, 4) is 0 Å². The van der Waals surface area contributed by atoms with Gasteiger partial charge in [-0.15, -0.1) is 13.2 Å². The first kappa shape index (κ1) is 13.7. The molecule has 0 aliphatic carbocycles. The van der Waals surface area contributed by atoms with E-state index in [4.69, 9.17) is 4.74 Å². The van der Waals surface area contributed by atoms with Crippen LogP contribution in [-0.4, -0.2) is 25.7 Å². The zero-order valence-electron chi connectivity index (χ0n) is 8.56. The highest BCUT2D eigenvalue weighted by atomic mass is 19.4. The van der Waals surface area contributed by atoms with E-state index in [1.807, 2.05) is 13.8 Å². The van der Waals surface area contributed by atoms with Crippen LogP contribution in [0.2, 0.25) is 0 Å². The molecule has 0 aromatic rings. The maximum atomic E-state index is 11.5. The van der Waals surface area contributed by atoms with Crippen LogP contribution < -0.4 is 0 Å². The Morgan fingerprint density at radius 1 is 1.00 bits per heavy atom. The average molecular weight is 214 g/mol. The topological polar surface area (TPSA) is 18.5 Å². The lowest BCUT2D eigenvalue weighted by Crippen LogP contribution is -2.14. The lowest BCUT2D eigenvalue weighted by atomic mass is 10.2. The summed E-state index contributed by atoms with van der Waals surface area (Å²) in [7, 11) is 0. The van der Waals surface area contributed by atoms with Crippen LogP contribution in [0.4, 0.5) is 13.2 Å². The van der Waals surface area contributed by atoms with Crippen LogP contribution >= 0.6 is 0 Å². The molecule has 2 nitrogen and oxygen atoms in total. The molecule has 0 N–H and O–H groups in total. The van der Waals surface area contributed by atoms with Gasteiger partial charge in [0, 0.05) is 6.61 Å². The van der Waals surface area contributed by atoms with Crippen molar-refractivity contribution < 1.29 is 22.6 Å². The van der Waals surface area contributed by atoms with E-state index in [1.54, 1.807) is 0 Å². The fraction of sp³-hybridized carbons (Fsp3) is 1.00. The van der Waals surface area contributed by atoms with Gasteiger partial charge >= 0.3 is 6.36 Å². The maximum Gasteiger partial charge on any atom is 0.522 e. The summed E-state index contributed by atoms with van der Waals surface area (Å²) < 4.78 is 43.3. The normalized spacial score (nSPS) is 12.4. The molecule has 86 valence electrons. The van der Waals surface area contributed by atoms with Crippen LogP contribution in [0.25, 0.3) is 0 Å². The number of hydrogen-bond donors (Lipinski definition) is 0. The monoisotopic (exact) mass is 214 g/mol. The summed E-state index contributed by atoms with van der Waals surface area (Å²) in [6, 6.07) is 0. The number of halogens is 3.